The van der Waals surface area contributed by atoms with E-state index in [1.54, 1.807) is 31.9 Å². The van der Waals surface area contributed by atoms with Crippen LogP contribution in [0.5, 0.6) is 5.75 Å². The van der Waals surface area contributed by atoms with Crippen LogP contribution >= 0.6 is 23.1 Å². The standard InChI is InChI=1S/C15H19N3O2S2/c1-9(2)16-14-17-18-15(22-14)21-8-12-7-11(10(3)19)5-6-13(12)20-4/h5-7,9H,8H2,1-4H3,(H,16,17). The molecule has 1 aromatic heterocycles. The summed E-state index contributed by atoms with van der Waals surface area (Å²) in [6.07, 6.45) is 0. The lowest BCUT2D eigenvalue weighted by atomic mass is 10.1. The van der Waals surface area contributed by atoms with Crippen molar-refractivity contribution >= 4 is 34.0 Å². The number of methoxy groups -OCH3 is 1. The predicted molar refractivity (Wildman–Crippen MR) is 91.2 cm³/mol. The molecule has 0 unspecified atom stereocenters. The van der Waals surface area contributed by atoms with Gasteiger partial charge >= 0.3 is 0 Å². The number of Topliss-reactive ketones (excluding diaryl/α,β-unsaturated/α-hetero) is 1. The third kappa shape index (κ3) is 4.45. The van der Waals surface area contributed by atoms with Gasteiger partial charge in [0.15, 0.2) is 10.1 Å². The van der Waals surface area contributed by atoms with Crippen LogP contribution in [0.3, 0.4) is 0 Å². The molecule has 0 spiro atoms. The number of hydrogen-bond donors (Lipinski definition) is 1. The van der Waals surface area contributed by atoms with Crippen molar-refractivity contribution in [3.8, 4) is 5.75 Å². The first-order valence-electron chi connectivity index (χ1n) is 6.90. The van der Waals surface area contributed by atoms with E-state index in [9.17, 15) is 4.79 Å². The Morgan fingerprint density at radius 1 is 1.41 bits per heavy atom. The molecular weight excluding hydrogens is 318 g/mol. The summed E-state index contributed by atoms with van der Waals surface area (Å²) in [6, 6.07) is 5.82. The van der Waals surface area contributed by atoms with Gasteiger partial charge in [-0.2, -0.15) is 0 Å². The molecule has 7 heteroatoms. The minimum absolute atomic E-state index is 0.0493. The number of benzene rings is 1. The van der Waals surface area contributed by atoms with Gasteiger partial charge in [-0.25, -0.2) is 0 Å². The van der Waals surface area contributed by atoms with Crippen LogP contribution in [0.25, 0.3) is 0 Å². The number of nitrogens with one attached hydrogen (secondary N) is 1. The highest BCUT2D eigenvalue weighted by atomic mass is 32.2. The maximum absolute atomic E-state index is 11.5. The van der Waals surface area contributed by atoms with Gasteiger partial charge in [-0.05, 0) is 39.0 Å². The van der Waals surface area contributed by atoms with Crippen LogP contribution in [0.4, 0.5) is 5.13 Å². The molecule has 0 aliphatic carbocycles. The van der Waals surface area contributed by atoms with Crippen molar-refractivity contribution in [2.75, 3.05) is 12.4 Å². The molecule has 0 radical (unpaired) electrons. The number of nitrogens with zero attached hydrogens (tertiary/aromatic N) is 2. The highest BCUT2D eigenvalue weighted by molar-refractivity contribution is 8.00. The van der Waals surface area contributed by atoms with E-state index in [1.807, 2.05) is 12.1 Å². The Morgan fingerprint density at radius 2 is 2.18 bits per heavy atom. The Morgan fingerprint density at radius 3 is 2.82 bits per heavy atom. The van der Waals surface area contributed by atoms with E-state index in [4.69, 9.17) is 4.74 Å². The molecule has 0 amide bonds. The Bertz CT molecular complexity index is 656. The Balaban J connectivity index is 2.08. The summed E-state index contributed by atoms with van der Waals surface area (Å²) in [7, 11) is 1.63. The topological polar surface area (TPSA) is 64.1 Å². The van der Waals surface area contributed by atoms with E-state index >= 15 is 0 Å². The predicted octanol–water partition coefficient (Wildman–Crippen LogP) is 3.86. The molecule has 0 saturated carbocycles. The van der Waals surface area contributed by atoms with Crippen molar-refractivity contribution in [3.63, 3.8) is 0 Å². The third-order valence-electron chi connectivity index (χ3n) is 2.86. The van der Waals surface area contributed by atoms with E-state index in [2.05, 4.69) is 29.4 Å². The molecule has 0 bridgehead atoms. The quantitative estimate of drug-likeness (QED) is 0.611. The second-order valence-corrected chi connectivity index (χ2v) is 7.24. The van der Waals surface area contributed by atoms with Crippen LogP contribution in [0.2, 0.25) is 0 Å². The smallest absolute Gasteiger partial charge is 0.206 e. The largest absolute Gasteiger partial charge is 0.496 e. The number of anilines is 1. The molecule has 0 atom stereocenters. The summed E-state index contributed by atoms with van der Waals surface area (Å²) >= 11 is 3.11. The van der Waals surface area contributed by atoms with Crippen LogP contribution in [-0.4, -0.2) is 29.1 Å². The summed E-state index contributed by atoms with van der Waals surface area (Å²) in [5, 5.41) is 12.3. The lowest BCUT2D eigenvalue weighted by molar-refractivity contribution is 0.101. The van der Waals surface area contributed by atoms with Crippen molar-refractivity contribution in [3.05, 3.63) is 29.3 Å². The monoisotopic (exact) mass is 337 g/mol. The van der Waals surface area contributed by atoms with Crippen LogP contribution in [0.15, 0.2) is 22.5 Å². The fourth-order valence-electron chi connectivity index (χ4n) is 1.82. The Labute approximate surface area is 138 Å². The number of ketones is 1. The molecule has 1 heterocycles. The highest BCUT2D eigenvalue weighted by Gasteiger charge is 2.10. The van der Waals surface area contributed by atoms with Crippen molar-refractivity contribution in [2.45, 2.75) is 36.9 Å². The van der Waals surface area contributed by atoms with E-state index < -0.39 is 0 Å². The molecule has 118 valence electrons. The van der Waals surface area contributed by atoms with Gasteiger partial charge in [0.2, 0.25) is 5.13 Å². The third-order valence-corrected chi connectivity index (χ3v) is 4.89. The fraction of sp³-hybridized carbons (Fsp3) is 0.400. The number of thioether (sulfide) groups is 1. The Hall–Kier alpha value is -1.60. The zero-order valence-electron chi connectivity index (χ0n) is 13.0. The highest BCUT2D eigenvalue weighted by Crippen LogP contribution is 2.32. The van der Waals surface area contributed by atoms with Gasteiger partial charge in [-0.1, -0.05) is 23.1 Å². The minimum Gasteiger partial charge on any atom is -0.496 e. The summed E-state index contributed by atoms with van der Waals surface area (Å²) in [6.45, 7) is 5.69. The van der Waals surface area contributed by atoms with Gasteiger partial charge in [0.05, 0.1) is 7.11 Å². The second kappa shape index (κ2) is 7.60. The van der Waals surface area contributed by atoms with Crippen LogP contribution in [0.1, 0.15) is 36.7 Å². The zero-order chi connectivity index (χ0) is 16.1. The first-order chi connectivity index (χ1) is 10.5. The Kier molecular flexibility index (Phi) is 5.79. The zero-order valence-corrected chi connectivity index (χ0v) is 14.7. The second-order valence-electron chi connectivity index (χ2n) is 5.04. The van der Waals surface area contributed by atoms with Crippen LogP contribution < -0.4 is 10.1 Å². The molecule has 22 heavy (non-hydrogen) atoms. The maximum Gasteiger partial charge on any atom is 0.206 e. The van der Waals surface area contributed by atoms with Crippen LogP contribution in [-0.2, 0) is 5.75 Å². The summed E-state index contributed by atoms with van der Waals surface area (Å²) in [4.78, 5) is 11.5. The van der Waals surface area contributed by atoms with Gasteiger partial charge in [-0.15, -0.1) is 10.2 Å². The lowest BCUT2D eigenvalue weighted by Crippen LogP contribution is -2.08. The molecular formula is C15H19N3O2S2. The van der Waals surface area contributed by atoms with Gasteiger partial charge in [0.25, 0.3) is 0 Å². The molecule has 0 aliphatic rings. The first-order valence-corrected chi connectivity index (χ1v) is 8.70. The average molecular weight is 337 g/mol. The molecule has 0 saturated heterocycles. The van der Waals surface area contributed by atoms with Gasteiger partial charge in [0.1, 0.15) is 5.75 Å². The van der Waals surface area contributed by atoms with Crippen LogP contribution in [0, 0.1) is 0 Å². The lowest BCUT2D eigenvalue weighted by Gasteiger charge is -2.08. The first kappa shape index (κ1) is 16.8. The number of rotatable bonds is 7. The summed E-state index contributed by atoms with van der Waals surface area (Å²) in [5.41, 5.74) is 1.67. The molecule has 0 aliphatic heterocycles. The normalized spacial score (nSPS) is 10.8. The van der Waals surface area contributed by atoms with Crippen molar-refractivity contribution in [2.24, 2.45) is 0 Å². The molecule has 1 aromatic carbocycles. The van der Waals surface area contributed by atoms with E-state index in [0.717, 1.165) is 20.8 Å². The van der Waals surface area contributed by atoms with Gasteiger partial charge in [-0.3, -0.25) is 4.79 Å². The minimum atomic E-state index is 0.0493. The molecule has 5 nitrogen and oxygen atoms in total. The molecule has 1 N–H and O–H groups in total. The maximum atomic E-state index is 11.5. The number of carbonyl (C=O) groups is 1. The molecule has 2 rings (SSSR count). The number of hydrogen-bond acceptors (Lipinski definition) is 7. The number of ether oxygens (including phenoxy) is 1. The summed E-state index contributed by atoms with van der Waals surface area (Å²) < 4.78 is 6.24. The van der Waals surface area contributed by atoms with Gasteiger partial charge < -0.3 is 10.1 Å². The van der Waals surface area contributed by atoms with Crippen molar-refractivity contribution in [1.29, 1.82) is 0 Å². The van der Waals surface area contributed by atoms with Crippen molar-refractivity contribution in [1.82, 2.24) is 10.2 Å². The van der Waals surface area contributed by atoms with Gasteiger partial charge in [0, 0.05) is 22.9 Å². The summed E-state index contributed by atoms with van der Waals surface area (Å²) in [5.74, 6) is 1.51. The number of aromatic nitrogens is 2. The fourth-order valence-corrected chi connectivity index (χ4v) is 3.70. The van der Waals surface area contributed by atoms with E-state index in [0.29, 0.717) is 17.4 Å². The molecule has 0 fully saturated rings. The SMILES string of the molecule is COc1ccc(C(C)=O)cc1CSc1nnc(NC(C)C)s1. The number of carbonyl (C=O) groups excluding carboxylic acids is 1. The van der Waals surface area contributed by atoms with E-state index in [-0.39, 0.29) is 5.78 Å². The molecule has 2 aromatic rings. The van der Waals surface area contributed by atoms with E-state index in [1.165, 1.54) is 11.3 Å². The average Bonchev–Trinajstić information content (AvgIpc) is 2.91. The van der Waals surface area contributed by atoms with Crippen molar-refractivity contribution < 1.29 is 9.53 Å².